The molecule has 3 rings (SSSR count). The number of urea groups is 1. The zero-order valence-corrected chi connectivity index (χ0v) is 16.5. The predicted molar refractivity (Wildman–Crippen MR) is 111 cm³/mol. The van der Waals surface area contributed by atoms with Crippen molar-refractivity contribution < 1.29 is 14.3 Å². The van der Waals surface area contributed by atoms with E-state index in [1.807, 2.05) is 24.3 Å². The molecule has 150 valence electrons. The lowest BCUT2D eigenvalue weighted by molar-refractivity contribution is -0.113. The maximum Gasteiger partial charge on any atom is 0.320 e. The third-order valence-electron chi connectivity index (χ3n) is 4.29. The van der Waals surface area contributed by atoms with Crippen LogP contribution in [0, 0.1) is 6.92 Å². The standard InChI is InChI=1S/C20H22N6O3/c1-12-11-17(26(25-12)19-22-14(3)13(2)18(27)24-19)23-20(28)21-10-9-15-5-7-16(29-4)8-6-15/h5-8,11H,2,9-10H2,1,3-4H3,(H2,21,23,28). The molecule has 1 aliphatic heterocycles. The summed E-state index contributed by atoms with van der Waals surface area (Å²) < 4.78 is 6.45. The van der Waals surface area contributed by atoms with Crippen molar-refractivity contribution >= 4 is 29.4 Å². The van der Waals surface area contributed by atoms with Gasteiger partial charge in [-0.2, -0.15) is 14.8 Å². The number of ether oxygens (including phenoxy) is 1. The minimum atomic E-state index is -0.476. The van der Waals surface area contributed by atoms with Crippen molar-refractivity contribution in [1.29, 1.82) is 0 Å². The number of anilines is 1. The molecule has 0 radical (unpaired) electrons. The van der Waals surface area contributed by atoms with Crippen LogP contribution in [0.1, 0.15) is 18.2 Å². The van der Waals surface area contributed by atoms with Gasteiger partial charge in [0.25, 0.3) is 11.9 Å². The van der Waals surface area contributed by atoms with Crippen LogP contribution < -0.4 is 15.4 Å². The Labute approximate surface area is 168 Å². The van der Waals surface area contributed by atoms with Gasteiger partial charge in [0.1, 0.15) is 11.6 Å². The maximum absolute atomic E-state index is 12.3. The SMILES string of the molecule is C=C1C(=O)N=C(n2nc(C)cc2NC(=O)NCCc2ccc(OC)cc2)N=C1C. The molecule has 0 saturated heterocycles. The summed E-state index contributed by atoms with van der Waals surface area (Å²) in [4.78, 5) is 32.4. The summed E-state index contributed by atoms with van der Waals surface area (Å²) in [6, 6.07) is 8.92. The van der Waals surface area contributed by atoms with E-state index in [0.717, 1.165) is 11.3 Å². The van der Waals surface area contributed by atoms with Gasteiger partial charge in [-0.1, -0.05) is 18.7 Å². The second kappa shape index (κ2) is 8.51. The van der Waals surface area contributed by atoms with Crippen LogP contribution in [-0.4, -0.2) is 47.0 Å². The van der Waals surface area contributed by atoms with E-state index in [1.54, 1.807) is 27.0 Å². The molecule has 9 nitrogen and oxygen atoms in total. The highest BCUT2D eigenvalue weighted by Gasteiger charge is 2.21. The van der Waals surface area contributed by atoms with E-state index in [9.17, 15) is 9.59 Å². The summed E-state index contributed by atoms with van der Waals surface area (Å²) in [7, 11) is 1.62. The van der Waals surface area contributed by atoms with Crippen LogP contribution in [0.4, 0.5) is 10.6 Å². The van der Waals surface area contributed by atoms with Crippen molar-refractivity contribution in [2.24, 2.45) is 9.98 Å². The number of benzene rings is 1. The predicted octanol–water partition coefficient (Wildman–Crippen LogP) is 2.33. The van der Waals surface area contributed by atoms with Gasteiger partial charge in [0.2, 0.25) is 0 Å². The number of aliphatic imine (C=N–C) groups is 2. The number of hydrogen-bond acceptors (Lipinski definition) is 5. The van der Waals surface area contributed by atoms with Gasteiger partial charge in [-0.15, -0.1) is 0 Å². The number of aryl methyl sites for hydroxylation is 1. The molecule has 1 aromatic carbocycles. The molecule has 0 aliphatic carbocycles. The molecule has 2 heterocycles. The Morgan fingerprint density at radius 2 is 1.93 bits per heavy atom. The molecule has 29 heavy (non-hydrogen) atoms. The van der Waals surface area contributed by atoms with Gasteiger partial charge >= 0.3 is 6.03 Å². The molecule has 2 aromatic rings. The zero-order chi connectivity index (χ0) is 21.0. The molecule has 0 unspecified atom stereocenters. The molecule has 2 N–H and O–H groups in total. The highest BCUT2D eigenvalue weighted by molar-refractivity contribution is 6.27. The summed E-state index contributed by atoms with van der Waals surface area (Å²) in [5.74, 6) is 0.755. The minimum Gasteiger partial charge on any atom is -0.497 e. The molecular formula is C20H22N6O3. The number of nitrogens with one attached hydrogen (secondary N) is 2. The summed E-state index contributed by atoms with van der Waals surface area (Å²) in [6.45, 7) is 7.53. The molecule has 0 spiro atoms. The van der Waals surface area contributed by atoms with E-state index in [0.29, 0.717) is 30.2 Å². The molecular weight excluding hydrogens is 372 g/mol. The summed E-state index contributed by atoms with van der Waals surface area (Å²) in [6.07, 6.45) is 0.669. The summed E-state index contributed by atoms with van der Waals surface area (Å²) >= 11 is 0. The molecule has 3 amide bonds. The lowest BCUT2D eigenvalue weighted by atomic mass is 10.1. The molecule has 9 heteroatoms. The first-order valence-electron chi connectivity index (χ1n) is 9.00. The van der Waals surface area contributed by atoms with Crippen molar-refractivity contribution in [3.8, 4) is 5.75 Å². The first-order chi connectivity index (χ1) is 13.9. The lowest BCUT2D eigenvalue weighted by Gasteiger charge is -2.13. The Kier molecular flexibility index (Phi) is 5.87. The summed E-state index contributed by atoms with van der Waals surface area (Å²) in [5.41, 5.74) is 2.42. The molecule has 0 bridgehead atoms. The molecule has 0 atom stereocenters. The van der Waals surface area contributed by atoms with Crippen LogP contribution in [0.5, 0.6) is 5.75 Å². The fourth-order valence-corrected chi connectivity index (χ4v) is 2.66. The van der Waals surface area contributed by atoms with Crippen molar-refractivity contribution in [1.82, 2.24) is 15.1 Å². The van der Waals surface area contributed by atoms with Gasteiger partial charge in [0, 0.05) is 12.6 Å². The second-order valence-electron chi connectivity index (χ2n) is 6.45. The van der Waals surface area contributed by atoms with Gasteiger partial charge in [-0.25, -0.2) is 9.79 Å². The van der Waals surface area contributed by atoms with Gasteiger partial charge in [0.15, 0.2) is 0 Å². The Bertz CT molecular complexity index is 1020. The number of rotatable bonds is 5. The number of amides is 3. The molecule has 1 aromatic heterocycles. The smallest absolute Gasteiger partial charge is 0.320 e. The lowest BCUT2D eigenvalue weighted by Crippen LogP contribution is -2.32. The monoisotopic (exact) mass is 394 g/mol. The number of carbonyl (C=O) groups is 2. The van der Waals surface area contributed by atoms with E-state index in [1.165, 1.54) is 4.68 Å². The number of aromatic nitrogens is 2. The minimum absolute atomic E-state index is 0.0848. The van der Waals surface area contributed by atoms with Crippen molar-refractivity contribution in [2.75, 3.05) is 19.0 Å². The Morgan fingerprint density at radius 1 is 1.21 bits per heavy atom. The van der Waals surface area contributed by atoms with Gasteiger partial charge in [0.05, 0.1) is 24.1 Å². The van der Waals surface area contributed by atoms with Gasteiger partial charge in [-0.05, 0) is 38.0 Å². The van der Waals surface area contributed by atoms with E-state index >= 15 is 0 Å². The third-order valence-corrected chi connectivity index (χ3v) is 4.29. The van der Waals surface area contributed by atoms with E-state index in [-0.39, 0.29) is 11.5 Å². The topological polar surface area (TPSA) is 110 Å². The third kappa shape index (κ3) is 4.75. The maximum atomic E-state index is 12.3. The van der Waals surface area contributed by atoms with Gasteiger partial charge in [-0.3, -0.25) is 10.1 Å². The van der Waals surface area contributed by atoms with Crippen molar-refractivity contribution in [2.45, 2.75) is 20.3 Å². The number of carbonyl (C=O) groups excluding carboxylic acids is 2. The highest BCUT2D eigenvalue weighted by Crippen LogP contribution is 2.15. The van der Waals surface area contributed by atoms with E-state index in [2.05, 4.69) is 32.3 Å². The zero-order valence-electron chi connectivity index (χ0n) is 16.5. The Morgan fingerprint density at radius 3 is 2.59 bits per heavy atom. The average molecular weight is 394 g/mol. The van der Waals surface area contributed by atoms with Crippen LogP contribution in [0.25, 0.3) is 0 Å². The second-order valence-corrected chi connectivity index (χ2v) is 6.45. The van der Waals surface area contributed by atoms with Crippen LogP contribution in [0.2, 0.25) is 0 Å². The van der Waals surface area contributed by atoms with Crippen LogP contribution in [0.3, 0.4) is 0 Å². The van der Waals surface area contributed by atoms with Crippen molar-refractivity contribution in [3.63, 3.8) is 0 Å². The number of methoxy groups -OCH3 is 1. The molecule has 0 fully saturated rings. The first-order valence-corrected chi connectivity index (χ1v) is 9.00. The van der Waals surface area contributed by atoms with Gasteiger partial charge < -0.3 is 10.1 Å². The quantitative estimate of drug-likeness (QED) is 0.758. The number of nitrogens with zero attached hydrogens (tertiary/aromatic N) is 4. The van der Waals surface area contributed by atoms with Crippen LogP contribution in [0.15, 0.2) is 52.5 Å². The number of hydrogen-bond donors (Lipinski definition) is 2. The van der Waals surface area contributed by atoms with Crippen molar-refractivity contribution in [3.05, 3.63) is 53.7 Å². The largest absolute Gasteiger partial charge is 0.497 e. The highest BCUT2D eigenvalue weighted by atomic mass is 16.5. The van der Waals surface area contributed by atoms with Crippen LogP contribution >= 0.6 is 0 Å². The normalized spacial score (nSPS) is 13.6. The summed E-state index contributed by atoms with van der Waals surface area (Å²) in [5, 5.41) is 9.78. The fraction of sp³-hybridized carbons (Fsp3) is 0.250. The fourth-order valence-electron chi connectivity index (χ4n) is 2.66. The van der Waals surface area contributed by atoms with Crippen LogP contribution in [-0.2, 0) is 11.2 Å². The Balaban J connectivity index is 1.63. The molecule has 0 saturated carbocycles. The van der Waals surface area contributed by atoms with E-state index in [4.69, 9.17) is 4.74 Å². The van der Waals surface area contributed by atoms with E-state index < -0.39 is 11.9 Å². The first kappa shape index (κ1) is 20.0. The molecule has 1 aliphatic rings. The average Bonchev–Trinajstić information content (AvgIpc) is 3.06. The Hall–Kier alpha value is -3.75.